The van der Waals surface area contributed by atoms with Gasteiger partial charge in [-0.15, -0.1) is 11.3 Å². The maximum Gasteiger partial charge on any atom is 0.252 e. The molecule has 2 aromatic heterocycles. The lowest BCUT2D eigenvalue weighted by molar-refractivity contribution is -0.113. The number of thiazole rings is 1. The Morgan fingerprint density at radius 1 is 1.09 bits per heavy atom. The van der Waals surface area contributed by atoms with Crippen LogP contribution in [0.5, 0.6) is 0 Å². The van der Waals surface area contributed by atoms with E-state index in [9.17, 15) is 18.4 Å². The lowest BCUT2D eigenvalue weighted by atomic mass is 10.2. The van der Waals surface area contributed by atoms with Gasteiger partial charge in [-0.25, -0.2) is 18.7 Å². The van der Waals surface area contributed by atoms with Crippen LogP contribution in [0.15, 0.2) is 64.5 Å². The molecule has 0 saturated carbocycles. The number of hydrogen-bond acceptors (Lipinski definition) is 6. The van der Waals surface area contributed by atoms with Crippen molar-refractivity contribution in [3.63, 3.8) is 0 Å². The SMILES string of the molecule is Cc1nc(-c2ccccc2)sc1-c1cc(=O)[nH]c(SCC(=O)Nc2ccc(F)c(F)c2)n1. The van der Waals surface area contributed by atoms with Gasteiger partial charge in [-0.05, 0) is 19.1 Å². The van der Waals surface area contributed by atoms with Crippen LogP contribution in [-0.4, -0.2) is 26.6 Å². The number of aryl methyl sites for hydroxylation is 1. The topological polar surface area (TPSA) is 87.7 Å². The van der Waals surface area contributed by atoms with Gasteiger partial charge in [-0.2, -0.15) is 0 Å². The Balaban J connectivity index is 1.50. The number of carbonyl (C=O) groups is 1. The van der Waals surface area contributed by atoms with Crippen LogP contribution in [0, 0.1) is 18.6 Å². The van der Waals surface area contributed by atoms with Crippen LogP contribution in [0.2, 0.25) is 0 Å². The third kappa shape index (κ3) is 5.09. The predicted octanol–water partition coefficient (Wildman–Crippen LogP) is 4.88. The predicted molar refractivity (Wildman–Crippen MR) is 122 cm³/mol. The molecule has 0 saturated heterocycles. The van der Waals surface area contributed by atoms with Gasteiger partial charge in [0.1, 0.15) is 5.01 Å². The van der Waals surface area contributed by atoms with E-state index in [1.165, 1.54) is 23.5 Å². The van der Waals surface area contributed by atoms with Crippen molar-refractivity contribution in [1.82, 2.24) is 15.0 Å². The number of hydrogen-bond donors (Lipinski definition) is 2. The van der Waals surface area contributed by atoms with Crippen LogP contribution in [0.3, 0.4) is 0 Å². The molecule has 2 aromatic carbocycles. The van der Waals surface area contributed by atoms with Gasteiger partial charge in [0.25, 0.3) is 5.56 Å². The number of benzene rings is 2. The molecule has 6 nitrogen and oxygen atoms in total. The summed E-state index contributed by atoms with van der Waals surface area (Å²) < 4.78 is 26.3. The summed E-state index contributed by atoms with van der Waals surface area (Å²) in [6, 6.07) is 14.2. The fraction of sp³-hybridized carbons (Fsp3) is 0.0909. The standard InChI is InChI=1S/C22H16F2N4O2S2/c1-12-20(32-21(25-12)13-5-3-2-4-6-13)17-10-18(29)28-22(27-17)31-11-19(30)26-14-7-8-15(23)16(24)9-14/h2-10H,11H2,1H3,(H,26,30)(H,27,28,29). The molecule has 0 spiro atoms. The van der Waals surface area contributed by atoms with Gasteiger partial charge in [0.2, 0.25) is 5.91 Å². The average molecular weight is 471 g/mol. The van der Waals surface area contributed by atoms with E-state index in [-0.39, 0.29) is 22.2 Å². The number of carbonyl (C=O) groups excluding carboxylic acids is 1. The van der Waals surface area contributed by atoms with Gasteiger partial charge >= 0.3 is 0 Å². The highest BCUT2D eigenvalue weighted by Crippen LogP contribution is 2.34. The van der Waals surface area contributed by atoms with Crippen molar-refractivity contribution in [2.45, 2.75) is 12.1 Å². The highest BCUT2D eigenvalue weighted by Gasteiger charge is 2.15. The lowest BCUT2D eigenvalue weighted by Gasteiger charge is -2.06. The van der Waals surface area contributed by atoms with Gasteiger partial charge < -0.3 is 10.3 Å². The first-order valence-corrected chi connectivity index (χ1v) is 11.2. The monoisotopic (exact) mass is 470 g/mol. The minimum Gasteiger partial charge on any atom is -0.325 e. The molecule has 0 unspecified atom stereocenters. The molecule has 162 valence electrons. The molecule has 0 aliphatic rings. The zero-order chi connectivity index (χ0) is 22.7. The number of H-pyrrole nitrogens is 1. The number of nitrogens with one attached hydrogen (secondary N) is 2. The van der Waals surface area contributed by atoms with E-state index in [1.807, 2.05) is 37.3 Å². The summed E-state index contributed by atoms with van der Waals surface area (Å²) in [6.45, 7) is 1.85. The normalized spacial score (nSPS) is 10.8. The number of aromatic amines is 1. The van der Waals surface area contributed by atoms with Crippen molar-refractivity contribution in [1.29, 1.82) is 0 Å². The molecule has 0 bridgehead atoms. The highest BCUT2D eigenvalue weighted by atomic mass is 32.2. The highest BCUT2D eigenvalue weighted by molar-refractivity contribution is 7.99. The summed E-state index contributed by atoms with van der Waals surface area (Å²) >= 11 is 2.46. The van der Waals surface area contributed by atoms with Crippen molar-refractivity contribution < 1.29 is 13.6 Å². The van der Waals surface area contributed by atoms with E-state index < -0.39 is 17.5 Å². The van der Waals surface area contributed by atoms with Gasteiger partial charge in [-0.3, -0.25) is 9.59 Å². The van der Waals surface area contributed by atoms with Crippen LogP contribution < -0.4 is 10.9 Å². The Bertz CT molecular complexity index is 1340. The Hall–Kier alpha value is -3.37. The number of halogens is 2. The summed E-state index contributed by atoms with van der Waals surface area (Å²) in [4.78, 5) is 36.8. The first-order valence-electron chi connectivity index (χ1n) is 9.41. The molecular formula is C22H16F2N4O2S2. The number of aromatic nitrogens is 3. The quantitative estimate of drug-likeness (QED) is 0.310. The summed E-state index contributed by atoms with van der Waals surface area (Å²) in [5, 5.41) is 3.56. The van der Waals surface area contributed by atoms with E-state index in [0.717, 1.165) is 45.0 Å². The minimum atomic E-state index is -1.05. The largest absolute Gasteiger partial charge is 0.325 e. The summed E-state index contributed by atoms with van der Waals surface area (Å²) in [7, 11) is 0. The third-order valence-corrected chi connectivity index (χ3v) is 6.42. The minimum absolute atomic E-state index is 0.0810. The number of anilines is 1. The molecule has 10 heteroatoms. The van der Waals surface area contributed by atoms with E-state index in [0.29, 0.717) is 5.69 Å². The second kappa shape index (κ2) is 9.41. The molecule has 0 radical (unpaired) electrons. The van der Waals surface area contributed by atoms with E-state index in [1.54, 1.807) is 0 Å². The summed E-state index contributed by atoms with van der Waals surface area (Å²) in [5.41, 5.74) is 1.97. The fourth-order valence-electron chi connectivity index (χ4n) is 2.86. The van der Waals surface area contributed by atoms with Crippen molar-refractivity contribution in [2.75, 3.05) is 11.1 Å². The number of rotatable bonds is 6. The van der Waals surface area contributed by atoms with Gasteiger partial charge in [0.05, 0.1) is 22.0 Å². The molecule has 4 aromatic rings. The molecule has 2 N–H and O–H groups in total. The Kier molecular flexibility index (Phi) is 6.42. The molecule has 0 aliphatic carbocycles. The molecule has 0 fully saturated rings. The molecule has 0 atom stereocenters. The Morgan fingerprint density at radius 3 is 2.62 bits per heavy atom. The second-order valence-corrected chi connectivity index (χ2v) is 8.66. The Labute approximate surface area is 189 Å². The first kappa shape index (κ1) is 21.8. The number of nitrogens with zero attached hydrogens (tertiary/aromatic N) is 2. The number of amides is 1. The van der Waals surface area contributed by atoms with Gasteiger partial charge in [0, 0.05) is 23.4 Å². The van der Waals surface area contributed by atoms with Crippen molar-refractivity contribution in [2.24, 2.45) is 0 Å². The number of thioether (sulfide) groups is 1. The molecular weight excluding hydrogens is 454 g/mol. The Morgan fingerprint density at radius 2 is 1.88 bits per heavy atom. The molecule has 1 amide bonds. The molecule has 4 rings (SSSR count). The van der Waals surface area contributed by atoms with Crippen molar-refractivity contribution in [3.8, 4) is 21.1 Å². The summed E-state index contributed by atoms with van der Waals surface area (Å²) in [5.74, 6) is -2.58. The zero-order valence-corrected chi connectivity index (χ0v) is 18.3. The smallest absolute Gasteiger partial charge is 0.252 e. The van der Waals surface area contributed by atoms with Crippen LogP contribution in [-0.2, 0) is 4.79 Å². The molecule has 2 heterocycles. The van der Waals surface area contributed by atoms with Crippen molar-refractivity contribution in [3.05, 3.63) is 82.3 Å². The van der Waals surface area contributed by atoms with E-state index in [4.69, 9.17) is 0 Å². The van der Waals surface area contributed by atoms with Crippen LogP contribution >= 0.6 is 23.1 Å². The van der Waals surface area contributed by atoms with E-state index >= 15 is 0 Å². The van der Waals surface area contributed by atoms with Crippen LogP contribution in [0.1, 0.15) is 5.69 Å². The lowest BCUT2D eigenvalue weighted by Crippen LogP contribution is -2.15. The zero-order valence-electron chi connectivity index (χ0n) is 16.7. The molecule has 32 heavy (non-hydrogen) atoms. The van der Waals surface area contributed by atoms with Gasteiger partial charge in [0.15, 0.2) is 16.8 Å². The van der Waals surface area contributed by atoms with E-state index in [2.05, 4.69) is 20.3 Å². The maximum absolute atomic E-state index is 13.3. The molecule has 0 aliphatic heterocycles. The fourth-order valence-corrected chi connectivity index (χ4v) is 4.57. The van der Waals surface area contributed by atoms with Crippen molar-refractivity contribution >= 4 is 34.7 Å². The first-order chi connectivity index (χ1) is 15.4. The maximum atomic E-state index is 13.3. The summed E-state index contributed by atoms with van der Waals surface area (Å²) in [6.07, 6.45) is 0. The second-order valence-electron chi connectivity index (χ2n) is 6.70. The van der Waals surface area contributed by atoms with Gasteiger partial charge in [-0.1, -0.05) is 42.1 Å². The average Bonchev–Trinajstić information content (AvgIpc) is 3.17. The van der Waals surface area contributed by atoms with Crippen LogP contribution in [0.4, 0.5) is 14.5 Å². The third-order valence-electron chi connectivity index (χ3n) is 4.31. The van der Waals surface area contributed by atoms with Crippen LogP contribution in [0.25, 0.3) is 21.1 Å².